The van der Waals surface area contributed by atoms with E-state index in [2.05, 4.69) is 12.0 Å². The monoisotopic (exact) mass is 388 g/mol. The number of aromatic nitrogens is 2. The van der Waals surface area contributed by atoms with Crippen molar-refractivity contribution >= 4 is 22.8 Å². The van der Waals surface area contributed by atoms with Crippen LogP contribution in [0.1, 0.15) is 80.5 Å². The lowest BCUT2D eigenvalue weighted by molar-refractivity contribution is 0.0492. The minimum Gasteiger partial charge on any atom is -0.461 e. The lowest BCUT2D eigenvalue weighted by atomic mass is 10.1. The van der Waals surface area contributed by atoms with E-state index in [4.69, 9.17) is 14.2 Å². The normalized spacial score (nSPS) is 12.5. The highest BCUT2D eigenvalue weighted by atomic mass is 16.7. The average molecular weight is 388 g/mol. The first-order chi connectivity index (χ1) is 13.6. The molecule has 0 fully saturated rings. The van der Waals surface area contributed by atoms with Crippen LogP contribution in [-0.4, -0.2) is 35.1 Å². The molecule has 7 heteroatoms. The third-order valence-corrected chi connectivity index (χ3v) is 4.90. The molecule has 3 rings (SSSR count). The van der Waals surface area contributed by atoms with E-state index in [0.717, 1.165) is 19.3 Å². The van der Waals surface area contributed by atoms with Gasteiger partial charge < -0.3 is 14.2 Å². The molecule has 1 aromatic heterocycles. The van der Waals surface area contributed by atoms with E-state index in [1.165, 1.54) is 43.7 Å². The lowest BCUT2D eigenvalue weighted by Gasteiger charge is -2.04. The molecule has 0 amide bonds. The Bertz CT molecular complexity index is 843. The number of benzene rings is 1. The third kappa shape index (κ3) is 4.64. The molecule has 2 heterocycles. The highest BCUT2D eigenvalue weighted by Crippen LogP contribution is 2.37. The molecule has 0 aliphatic carbocycles. The highest BCUT2D eigenvalue weighted by Gasteiger charge is 2.24. The maximum atomic E-state index is 12.5. The summed E-state index contributed by atoms with van der Waals surface area (Å²) < 4.78 is 17.3. The van der Waals surface area contributed by atoms with E-state index in [1.54, 1.807) is 12.1 Å². The summed E-state index contributed by atoms with van der Waals surface area (Å²) in [6, 6.07) is 3.35. The van der Waals surface area contributed by atoms with Crippen LogP contribution in [-0.2, 0) is 4.74 Å². The van der Waals surface area contributed by atoms with E-state index >= 15 is 0 Å². The van der Waals surface area contributed by atoms with Crippen LogP contribution < -0.4 is 9.47 Å². The van der Waals surface area contributed by atoms with Gasteiger partial charge in [-0.1, -0.05) is 51.9 Å². The molecule has 0 N–H and O–H groups in total. The predicted octanol–water partition coefficient (Wildman–Crippen LogP) is 4.72. The smallest absolute Gasteiger partial charge is 0.359 e. The topological polar surface area (TPSA) is 79.7 Å². The van der Waals surface area contributed by atoms with Gasteiger partial charge in [-0.15, -0.1) is 0 Å². The molecule has 28 heavy (non-hydrogen) atoms. The molecule has 1 aromatic carbocycles. The third-order valence-electron chi connectivity index (χ3n) is 4.90. The summed E-state index contributed by atoms with van der Waals surface area (Å²) in [5.74, 6) is 0.263. The summed E-state index contributed by atoms with van der Waals surface area (Å²) in [4.78, 5) is 24.4. The van der Waals surface area contributed by atoms with Gasteiger partial charge in [0.05, 0.1) is 12.1 Å². The van der Waals surface area contributed by atoms with E-state index in [1.807, 2.05) is 0 Å². The molecule has 2 aromatic rings. The van der Waals surface area contributed by atoms with Gasteiger partial charge in [0.2, 0.25) is 12.7 Å². The average Bonchev–Trinajstić information content (AvgIpc) is 3.28. The maximum Gasteiger partial charge on any atom is 0.359 e. The van der Waals surface area contributed by atoms with Crippen molar-refractivity contribution in [1.29, 1.82) is 0 Å². The summed E-state index contributed by atoms with van der Waals surface area (Å²) in [6.07, 6.45) is 9.40. The van der Waals surface area contributed by atoms with Gasteiger partial charge >= 0.3 is 5.97 Å². The lowest BCUT2D eigenvalue weighted by Crippen LogP contribution is -2.11. The van der Waals surface area contributed by atoms with Crippen molar-refractivity contribution < 1.29 is 23.8 Å². The molecule has 0 unspecified atom stereocenters. The van der Waals surface area contributed by atoms with Crippen molar-refractivity contribution in [1.82, 2.24) is 9.78 Å². The Hall–Kier alpha value is -2.57. The van der Waals surface area contributed by atoms with Crippen LogP contribution in [0.15, 0.2) is 12.1 Å². The van der Waals surface area contributed by atoms with Gasteiger partial charge in [0.1, 0.15) is 0 Å². The van der Waals surface area contributed by atoms with E-state index < -0.39 is 5.97 Å². The molecule has 0 radical (unpaired) electrons. The molecule has 0 spiro atoms. The second-order valence-electron chi connectivity index (χ2n) is 7.11. The number of carbonyl (C=O) groups excluding carboxylic acids is 2. The molecule has 0 saturated heterocycles. The summed E-state index contributed by atoms with van der Waals surface area (Å²) >= 11 is 0. The summed E-state index contributed by atoms with van der Waals surface area (Å²) in [7, 11) is 0. The zero-order valence-corrected chi connectivity index (χ0v) is 16.7. The Kier molecular flexibility index (Phi) is 6.90. The van der Waals surface area contributed by atoms with Gasteiger partial charge in [-0.2, -0.15) is 9.78 Å². The molecule has 7 nitrogen and oxygen atoms in total. The summed E-state index contributed by atoms with van der Waals surface area (Å²) in [6.45, 7) is 4.08. The Morgan fingerprint density at radius 2 is 1.68 bits per heavy atom. The van der Waals surface area contributed by atoms with Crippen molar-refractivity contribution in [3.63, 3.8) is 0 Å². The van der Waals surface area contributed by atoms with Crippen LogP contribution in [0.2, 0.25) is 0 Å². The van der Waals surface area contributed by atoms with Crippen LogP contribution in [0.4, 0.5) is 0 Å². The second-order valence-corrected chi connectivity index (χ2v) is 7.11. The molecular weight excluding hydrogens is 360 g/mol. The second kappa shape index (κ2) is 9.57. The van der Waals surface area contributed by atoms with Gasteiger partial charge in [0.25, 0.3) is 0 Å². The molecule has 0 bridgehead atoms. The van der Waals surface area contributed by atoms with Crippen LogP contribution in [0.5, 0.6) is 11.5 Å². The van der Waals surface area contributed by atoms with Gasteiger partial charge in [0.15, 0.2) is 17.2 Å². The largest absolute Gasteiger partial charge is 0.461 e. The van der Waals surface area contributed by atoms with Crippen LogP contribution >= 0.6 is 0 Å². The van der Waals surface area contributed by atoms with Crippen molar-refractivity contribution in [3.8, 4) is 11.5 Å². The number of esters is 1. The summed E-state index contributed by atoms with van der Waals surface area (Å²) in [5.41, 5.74) is 0.638. The number of rotatable bonds is 10. The number of nitrogens with zero attached hydrogens (tertiary/aromatic N) is 2. The van der Waals surface area contributed by atoms with Crippen molar-refractivity contribution in [2.75, 3.05) is 13.4 Å². The number of carbonyl (C=O) groups is 2. The SMILES string of the molecule is CCCCCCCCCCOC(=O)c1nn(C(C)=O)c2cc3c(cc12)OCO3. The zero-order chi connectivity index (χ0) is 19.9. The quantitative estimate of drug-likeness (QED) is 0.433. The van der Waals surface area contributed by atoms with Gasteiger partial charge in [-0.05, 0) is 12.5 Å². The molecule has 1 aliphatic heterocycles. The minimum atomic E-state index is -0.521. The minimum absolute atomic E-state index is 0.119. The standard InChI is InChI=1S/C21H28N2O5/c1-3-4-5-6-7-8-9-10-11-26-21(25)20-16-12-18-19(28-14-27-18)13-17(16)23(22-20)15(2)24/h12-13H,3-11,14H2,1-2H3. The number of ether oxygens (including phenoxy) is 3. The fourth-order valence-electron chi connectivity index (χ4n) is 3.36. The fourth-order valence-corrected chi connectivity index (χ4v) is 3.36. The van der Waals surface area contributed by atoms with Crippen molar-refractivity contribution in [2.45, 2.75) is 65.2 Å². The zero-order valence-electron chi connectivity index (χ0n) is 16.7. The van der Waals surface area contributed by atoms with E-state index in [-0.39, 0.29) is 18.4 Å². The van der Waals surface area contributed by atoms with Gasteiger partial charge in [0, 0.05) is 18.4 Å². The first-order valence-corrected chi connectivity index (χ1v) is 10.1. The maximum absolute atomic E-state index is 12.5. The van der Waals surface area contributed by atoms with Crippen molar-refractivity contribution in [3.05, 3.63) is 17.8 Å². The number of hydrogen-bond acceptors (Lipinski definition) is 6. The fraction of sp³-hybridized carbons (Fsp3) is 0.571. The number of unbranched alkanes of at least 4 members (excludes halogenated alkanes) is 7. The van der Waals surface area contributed by atoms with Crippen molar-refractivity contribution in [2.24, 2.45) is 0 Å². The Labute approximate surface area is 164 Å². The van der Waals surface area contributed by atoms with Crippen LogP contribution in [0, 0.1) is 0 Å². The number of fused-ring (bicyclic) bond motifs is 2. The number of hydrogen-bond donors (Lipinski definition) is 0. The first kappa shape index (κ1) is 20.2. The van der Waals surface area contributed by atoms with E-state index in [9.17, 15) is 9.59 Å². The van der Waals surface area contributed by atoms with Crippen LogP contribution in [0.25, 0.3) is 10.9 Å². The molecular formula is C21H28N2O5. The predicted molar refractivity (Wildman–Crippen MR) is 105 cm³/mol. The first-order valence-electron chi connectivity index (χ1n) is 10.1. The molecule has 0 saturated carbocycles. The molecule has 0 atom stereocenters. The van der Waals surface area contributed by atoms with Crippen LogP contribution in [0.3, 0.4) is 0 Å². The molecule has 1 aliphatic rings. The Morgan fingerprint density at radius 3 is 2.36 bits per heavy atom. The highest BCUT2D eigenvalue weighted by molar-refractivity contribution is 6.05. The summed E-state index contributed by atoms with van der Waals surface area (Å²) in [5, 5.41) is 4.70. The van der Waals surface area contributed by atoms with Gasteiger partial charge in [-0.25, -0.2) is 4.79 Å². The van der Waals surface area contributed by atoms with Gasteiger partial charge in [-0.3, -0.25) is 4.79 Å². The Balaban J connectivity index is 1.57. The molecule has 152 valence electrons. The Morgan fingerprint density at radius 1 is 1.04 bits per heavy atom. The van der Waals surface area contributed by atoms with E-state index in [0.29, 0.717) is 29.0 Å².